The van der Waals surface area contributed by atoms with Crippen LogP contribution in [0.2, 0.25) is 0 Å². The number of nitrogens with two attached hydrogens (primary N) is 1. The normalized spacial score (nSPS) is 10.8. The zero-order chi connectivity index (χ0) is 11.0. The summed E-state index contributed by atoms with van der Waals surface area (Å²) in [6.45, 7) is 0. The molecular formula is C11H9N5. The van der Waals surface area contributed by atoms with Crippen molar-refractivity contribution in [1.82, 2.24) is 19.7 Å². The molecule has 5 heteroatoms. The van der Waals surface area contributed by atoms with Crippen molar-refractivity contribution in [3.63, 3.8) is 0 Å². The van der Waals surface area contributed by atoms with E-state index < -0.39 is 0 Å². The van der Waals surface area contributed by atoms with Crippen molar-refractivity contribution in [2.75, 3.05) is 5.73 Å². The van der Waals surface area contributed by atoms with Crippen molar-refractivity contribution in [3.05, 3.63) is 43.1 Å². The van der Waals surface area contributed by atoms with Crippen molar-refractivity contribution in [2.24, 2.45) is 0 Å². The molecule has 2 aromatic heterocycles. The Bertz CT molecular complexity index is 630. The predicted octanol–water partition coefficient (Wildman–Crippen LogP) is 1.40. The van der Waals surface area contributed by atoms with Gasteiger partial charge in [-0.1, -0.05) is 12.1 Å². The topological polar surface area (TPSA) is 69.6 Å². The van der Waals surface area contributed by atoms with Crippen molar-refractivity contribution in [3.8, 4) is 5.69 Å². The summed E-state index contributed by atoms with van der Waals surface area (Å²) in [5.41, 5.74) is 8.25. The van der Waals surface area contributed by atoms with E-state index in [2.05, 4.69) is 15.1 Å². The fourth-order valence-corrected chi connectivity index (χ4v) is 1.72. The highest BCUT2D eigenvalue weighted by Gasteiger charge is 2.05. The Hall–Kier alpha value is -2.43. The van der Waals surface area contributed by atoms with Crippen LogP contribution in [-0.2, 0) is 0 Å². The molecule has 2 heterocycles. The summed E-state index contributed by atoms with van der Waals surface area (Å²) in [6, 6.07) is 7.59. The average Bonchev–Trinajstić information content (AvgIpc) is 2.82. The Morgan fingerprint density at radius 2 is 2.12 bits per heavy atom. The molecule has 0 amide bonds. The van der Waals surface area contributed by atoms with E-state index >= 15 is 0 Å². The second kappa shape index (κ2) is 3.30. The molecule has 78 valence electrons. The second-order valence-electron chi connectivity index (χ2n) is 3.41. The number of fused-ring (bicyclic) bond motifs is 1. The second-order valence-corrected chi connectivity index (χ2v) is 3.41. The van der Waals surface area contributed by atoms with E-state index in [1.165, 1.54) is 6.33 Å². The van der Waals surface area contributed by atoms with Gasteiger partial charge in [0.2, 0.25) is 0 Å². The zero-order valence-electron chi connectivity index (χ0n) is 8.41. The third-order valence-corrected chi connectivity index (χ3v) is 2.44. The van der Waals surface area contributed by atoms with Crippen LogP contribution >= 0.6 is 0 Å². The van der Waals surface area contributed by atoms with Crippen LogP contribution in [0.4, 0.5) is 5.69 Å². The molecule has 1 aromatic carbocycles. The molecule has 0 unspecified atom stereocenters. The molecule has 0 aliphatic heterocycles. The molecule has 0 aliphatic rings. The number of pyridine rings is 1. The maximum absolute atomic E-state index is 5.87. The molecule has 5 nitrogen and oxygen atoms in total. The van der Waals surface area contributed by atoms with E-state index in [9.17, 15) is 0 Å². The van der Waals surface area contributed by atoms with Crippen LogP contribution in [0.15, 0.2) is 43.1 Å². The van der Waals surface area contributed by atoms with Gasteiger partial charge in [-0.3, -0.25) is 4.98 Å². The highest BCUT2D eigenvalue weighted by atomic mass is 15.3. The van der Waals surface area contributed by atoms with E-state index in [-0.39, 0.29) is 0 Å². The first-order valence-corrected chi connectivity index (χ1v) is 4.84. The van der Waals surface area contributed by atoms with Crippen LogP contribution in [-0.4, -0.2) is 19.7 Å². The number of nitrogen functional groups attached to an aromatic ring is 1. The molecule has 3 aromatic rings. The first-order valence-electron chi connectivity index (χ1n) is 4.84. The molecule has 0 saturated heterocycles. The van der Waals surface area contributed by atoms with Gasteiger partial charge >= 0.3 is 0 Å². The smallest absolute Gasteiger partial charge is 0.138 e. The molecular weight excluding hydrogens is 202 g/mol. The Balaban J connectivity index is 2.38. The fourth-order valence-electron chi connectivity index (χ4n) is 1.72. The number of hydrogen-bond donors (Lipinski definition) is 1. The van der Waals surface area contributed by atoms with Gasteiger partial charge in [-0.25, -0.2) is 9.67 Å². The minimum atomic E-state index is 0.666. The zero-order valence-corrected chi connectivity index (χ0v) is 8.41. The standard InChI is InChI=1S/C11H9N5/c12-9-3-1-2-8-10(4-5-14-11(8)9)16-7-13-6-15-16/h1-7H,12H2. The summed E-state index contributed by atoms with van der Waals surface area (Å²) in [4.78, 5) is 8.19. The van der Waals surface area contributed by atoms with Crippen LogP contribution in [0.25, 0.3) is 16.6 Å². The van der Waals surface area contributed by atoms with E-state index in [4.69, 9.17) is 5.73 Å². The van der Waals surface area contributed by atoms with E-state index in [1.54, 1.807) is 17.2 Å². The van der Waals surface area contributed by atoms with Gasteiger partial charge < -0.3 is 5.73 Å². The van der Waals surface area contributed by atoms with E-state index in [0.29, 0.717) is 5.69 Å². The Kier molecular flexibility index (Phi) is 1.83. The van der Waals surface area contributed by atoms with Gasteiger partial charge in [-0.15, -0.1) is 0 Å². The molecule has 16 heavy (non-hydrogen) atoms. The number of para-hydroxylation sites is 1. The van der Waals surface area contributed by atoms with Gasteiger partial charge in [0.15, 0.2) is 0 Å². The number of rotatable bonds is 1. The lowest BCUT2D eigenvalue weighted by atomic mass is 10.1. The first kappa shape index (κ1) is 8.84. The van der Waals surface area contributed by atoms with Gasteiger partial charge in [0.25, 0.3) is 0 Å². The summed E-state index contributed by atoms with van der Waals surface area (Å²) in [7, 11) is 0. The third-order valence-electron chi connectivity index (χ3n) is 2.44. The minimum absolute atomic E-state index is 0.666. The minimum Gasteiger partial charge on any atom is -0.397 e. The van der Waals surface area contributed by atoms with Gasteiger partial charge in [0, 0.05) is 11.6 Å². The van der Waals surface area contributed by atoms with Crippen molar-refractivity contribution in [2.45, 2.75) is 0 Å². The molecule has 0 spiro atoms. The third kappa shape index (κ3) is 1.22. The van der Waals surface area contributed by atoms with Gasteiger partial charge in [-0.2, -0.15) is 5.10 Å². The Labute approximate surface area is 91.6 Å². The largest absolute Gasteiger partial charge is 0.397 e. The number of benzene rings is 1. The van der Waals surface area contributed by atoms with Crippen LogP contribution in [0, 0.1) is 0 Å². The Morgan fingerprint density at radius 1 is 1.19 bits per heavy atom. The lowest BCUT2D eigenvalue weighted by Crippen LogP contribution is -1.98. The van der Waals surface area contributed by atoms with Gasteiger partial charge in [-0.05, 0) is 12.1 Å². The highest BCUT2D eigenvalue weighted by Crippen LogP contribution is 2.23. The predicted molar refractivity (Wildman–Crippen MR) is 61.1 cm³/mol. The molecule has 0 bridgehead atoms. The molecule has 2 N–H and O–H groups in total. The van der Waals surface area contributed by atoms with E-state index in [1.807, 2.05) is 24.3 Å². The molecule has 0 saturated carbocycles. The summed E-state index contributed by atoms with van der Waals surface area (Å²) in [5, 5.41) is 5.07. The maximum atomic E-state index is 5.87. The van der Waals surface area contributed by atoms with Crippen molar-refractivity contribution >= 4 is 16.6 Å². The monoisotopic (exact) mass is 211 g/mol. The van der Waals surface area contributed by atoms with E-state index in [0.717, 1.165) is 16.6 Å². The molecule has 0 aliphatic carbocycles. The number of aromatic nitrogens is 4. The highest BCUT2D eigenvalue weighted by molar-refractivity contribution is 5.94. The number of nitrogens with zero attached hydrogens (tertiary/aromatic N) is 4. The quantitative estimate of drug-likeness (QED) is 0.617. The Morgan fingerprint density at radius 3 is 2.94 bits per heavy atom. The molecule has 0 fully saturated rings. The van der Waals surface area contributed by atoms with Crippen molar-refractivity contribution in [1.29, 1.82) is 0 Å². The number of anilines is 1. The van der Waals surface area contributed by atoms with Crippen LogP contribution in [0.1, 0.15) is 0 Å². The van der Waals surface area contributed by atoms with Crippen LogP contribution < -0.4 is 5.73 Å². The van der Waals surface area contributed by atoms with Crippen molar-refractivity contribution < 1.29 is 0 Å². The van der Waals surface area contributed by atoms with Gasteiger partial charge in [0.1, 0.15) is 12.7 Å². The SMILES string of the molecule is Nc1cccc2c(-n3cncn3)ccnc12. The summed E-state index contributed by atoms with van der Waals surface area (Å²) in [5.74, 6) is 0. The molecule has 0 radical (unpaired) electrons. The summed E-state index contributed by atoms with van der Waals surface area (Å²) in [6.07, 6.45) is 4.87. The number of hydrogen-bond acceptors (Lipinski definition) is 4. The van der Waals surface area contributed by atoms with Crippen LogP contribution in [0.5, 0.6) is 0 Å². The molecule has 3 rings (SSSR count). The fraction of sp³-hybridized carbons (Fsp3) is 0. The first-order chi connectivity index (χ1) is 7.86. The summed E-state index contributed by atoms with van der Waals surface area (Å²) < 4.78 is 1.70. The lowest BCUT2D eigenvalue weighted by Gasteiger charge is -2.06. The maximum Gasteiger partial charge on any atom is 0.138 e. The van der Waals surface area contributed by atoms with Gasteiger partial charge in [0.05, 0.1) is 16.9 Å². The average molecular weight is 211 g/mol. The molecule has 0 atom stereocenters. The summed E-state index contributed by atoms with van der Waals surface area (Å²) >= 11 is 0. The van der Waals surface area contributed by atoms with Crippen LogP contribution in [0.3, 0.4) is 0 Å². The lowest BCUT2D eigenvalue weighted by molar-refractivity contribution is 0.885.